The average molecular weight is 375 g/mol. The highest BCUT2D eigenvalue weighted by Gasteiger charge is 2.09. The van der Waals surface area contributed by atoms with E-state index in [0.717, 1.165) is 12.1 Å². The Morgan fingerprint density at radius 2 is 1.88 bits per heavy atom. The summed E-state index contributed by atoms with van der Waals surface area (Å²) >= 11 is 0. The fourth-order valence-electron chi connectivity index (χ4n) is 2.58. The Morgan fingerprint density at radius 1 is 1.15 bits per heavy atom. The van der Waals surface area contributed by atoms with E-state index in [4.69, 9.17) is 5.14 Å². The predicted molar refractivity (Wildman–Crippen MR) is 106 cm³/mol. The van der Waals surface area contributed by atoms with Gasteiger partial charge in [0.05, 0.1) is 4.90 Å². The van der Waals surface area contributed by atoms with Crippen LogP contribution in [0.25, 0.3) is 0 Å². The van der Waals surface area contributed by atoms with Crippen molar-refractivity contribution in [1.29, 1.82) is 0 Å². The molecule has 0 saturated heterocycles. The van der Waals surface area contributed by atoms with Crippen molar-refractivity contribution in [1.82, 2.24) is 10.6 Å². The SMILES string of the molecule is CN=C(NCc1cccc(S(N)(=O)=O)c1)NCC(C)c1cccc(C)c1. The lowest BCUT2D eigenvalue weighted by molar-refractivity contribution is 0.597. The van der Waals surface area contributed by atoms with Crippen LogP contribution in [0.1, 0.15) is 29.5 Å². The van der Waals surface area contributed by atoms with Crippen LogP contribution in [0, 0.1) is 6.92 Å². The third-order valence-electron chi connectivity index (χ3n) is 4.10. The minimum absolute atomic E-state index is 0.104. The molecular formula is C19H26N4O2S. The van der Waals surface area contributed by atoms with Crippen LogP contribution >= 0.6 is 0 Å². The summed E-state index contributed by atoms with van der Waals surface area (Å²) < 4.78 is 22.9. The number of aliphatic imine (C=N–C) groups is 1. The maximum atomic E-state index is 11.4. The second-order valence-electron chi connectivity index (χ2n) is 6.31. The van der Waals surface area contributed by atoms with Gasteiger partial charge in [0.1, 0.15) is 0 Å². The van der Waals surface area contributed by atoms with Crippen LogP contribution < -0.4 is 15.8 Å². The zero-order valence-electron chi connectivity index (χ0n) is 15.4. The maximum Gasteiger partial charge on any atom is 0.238 e. The zero-order valence-corrected chi connectivity index (χ0v) is 16.2. The fourth-order valence-corrected chi connectivity index (χ4v) is 3.17. The van der Waals surface area contributed by atoms with Gasteiger partial charge in [-0.2, -0.15) is 0 Å². The van der Waals surface area contributed by atoms with Crippen molar-refractivity contribution in [2.45, 2.75) is 31.2 Å². The predicted octanol–water partition coefficient (Wildman–Crippen LogP) is 2.11. The molecule has 0 bridgehead atoms. The van der Waals surface area contributed by atoms with Crippen LogP contribution in [0.3, 0.4) is 0 Å². The summed E-state index contributed by atoms with van der Waals surface area (Å²) in [4.78, 5) is 4.31. The standard InChI is InChI=1S/C19H26N4O2S/c1-14-6-4-8-17(10-14)15(2)12-22-19(21-3)23-13-16-7-5-9-18(11-16)26(20,24)25/h4-11,15H,12-13H2,1-3H3,(H2,20,24,25)(H2,21,22,23). The monoisotopic (exact) mass is 374 g/mol. The van der Waals surface area contributed by atoms with Crippen LogP contribution in [-0.4, -0.2) is 28.0 Å². The number of benzene rings is 2. The Hall–Kier alpha value is -2.38. The highest BCUT2D eigenvalue weighted by molar-refractivity contribution is 7.89. The van der Waals surface area contributed by atoms with Crippen molar-refractivity contribution in [3.05, 3.63) is 65.2 Å². The van der Waals surface area contributed by atoms with Gasteiger partial charge in [0.2, 0.25) is 10.0 Å². The Kier molecular flexibility index (Phi) is 6.76. The first kappa shape index (κ1) is 19.9. The van der Waals surface area contributed by atoms with Crippen LogP contribution in [0.15, 0.2) is 58.4 Å². The first-order chi connectivity index (χ1) is 12.3. The molecule has 7 heteroatoms. The molecule has 2 aromatic rings. The van der Waals surface area contributed by atoms with E-state index in [2.05, 4.69) is 53.7 Å². The van der Waals surface area contributed by atoms with Gasteiger partial charge in [0.15, 0.2) is 5.96 Å². The number of nitrogens with two attached hydrogens (primary N) is 1. The van der Waals surface area contributed by atoms with E-state index in [1.54, 1.807) is 19.2 Å². The second kappa shape index (κ2) is 8.82. The highest BCUT2D eigenvalue weighted by atomic mass is 32.2. The second-order valence-corrected chi connectivity index (χ2v) is 7.88. The van der Waals surface area contributed by atoms with E-state index in [1.165, 1.54) is 17.2 Å². The largest absolute Gasteiger partial charge is 0.356 e. The molecule has 6 nitrogen and oxygen atoms in total. The molecular weight excluding hydrogens is 348 g/mol. The summed E-state index contributed by atoms with van der Waals surface area (Å²) in [5, 5.41) is 11.7. The number of nitrogens with zero attached hydrogens (tertiary/aromatic N) is 1. The molecule has 0 aliphatic rings. The minimum atomic E-state index is -3.70. The van der Waals surface area contributed by atoms with E-state index < -0.39 is 10.0 Å². The number of hydrogen-bond donors (Lipinski definition) is 3. The molecule has 2 aromatic carbocycles. The molecule has 0 aliphatic carbocycles. The minimum Gasteiger partial charge on any atom is -0.356 e. The lowest BCUT2D eigenvalue weighted by Gasteiger charge is -2.17. The summed E-state index contributed by atoms with van der Waals surface area (Å²) in [6, 6.07) is 15.0. The molecule has 0 aromatic heterocycles. The quantitative estimate of drug-likeness (QED) is 0.533. The Morgan fingerprint density at radius 3 is 2.54 bits per heavy atom. The summed E-state index contributed by atoms with van der Waals surface area (Å²) in [6.45, 7) is 5.42. The molecule has 0 radical (unpaired) electrons. The van der Waals surface area contributed by atoms with Crippen LogP contribution in [0.5, 0.6) is 0 Å². The van der Waals surface area contributed by atoms with Gasteiger partial charge < -0.3 is 10.6 Å². The topological polar surface area (TPSA) is 96.6 Å². The number of hydrogen-bond acceptors (Lipinski definition) is 3. The molecule has 2 rings (SSSR count). The fraction of sp³-hybridized carbons (Fsp3) is 0.316. The third kappa shape index (κ3) is 5.86. The zero-order chi connectivity index (χ0) is 19.2. The Bertz CT molecular complexity index is 879. The summed E-state index contributed by atoms with van der Waals surface area (Å²) in [6.07, 6.45) is 0. The Balaban J connectivity index is 1.92. The van der Waals surface area contributed by atoms with Gasteiger partial charge >= 0.3 is 0 Å². The lowest BCUT2D eigenvalue weighted by Crippen LogP contribution is -2.38. The van der Waals surface area contributed by atoms with E-state index >= 15 is 0 Å². The van der Waals surface area contributed by atoms with Gasteiger partial charge in [0.25, 0.3) is 0 Å². The van der Waals surface area contributed by atoms with Crippen molar-refractivity contribution >= 4 is 16.0 Å². The molecule has 4 N–H and O–H groups in total. The van der Waals surface area contributed by atoms with Crippen LogP contribution in [0.2, 0.25) is 0 Å². The normalized spacial score (nSPS) is 13.3. The average Bonchev–Trinajstić information content (AvgIpc) is 2.61. The lowest BCUT2D eigenvalue weighted by atomic mass is 9.99. The number of aryl methyl sites for hydroxylation is 1. The van der Waals surface area contributed by atoms with Crippen molar-refractivity contribution in [3.8, 4) is 0 Å². The molecule has 140 valence electrons. The number of primary sulfonamides is 1. The van der Waals surface area contributed by atoms with Gasteiger partial charge in [-0.15, -0.1) is 0 Å². The van der Waals surface area contributed by atoms with Crippen LogP contribution in [0.4, 0.5) is 0 Å². The van der Waals surface area contributed by atoms with Gasteiger partial charge in [-0.05, 0) is 36.1 Å². The molecule has 0 aliphatic heterocycles. The molecule has 1 atom stereocenters. The Labute approximate surface area is 155 Å². The summed E-state index contributed by atoms with van der Waals surface area (Å²) in [5.74, 6) is 0.990. The molecule has 0 fully saturated rings. The smallest absolute Gasteiger partial charge is 0.238 e. The highest BCUT2D eigenvalue weighted by Crippen LogP contribution is 2.15. The molecule has 0 saturated carbocycles. The van der Waals surface area contributed by atoms with Crippen molar-refractivity contribution in [2.75, 3.05) is 13.6 Å². The number of guanidine groups is 1. The first-order valence-electron chi connectivity index (χ1n) is 8.42. The maximum absolute atomic E-state index is 11.4. The van der Waals surface area contributed by atoms with Gasteiger partial charge in [-0.1, -0.05) is 48.9 Å². The summed E-state index contributed by atoms with van der Waals surface area (Å²) in [7, 11) is -2.00. The number of nitrogens with one attached hydrogen (secondary N) is 2. The van der Waals surface area contributed by atoms with Crippen molar-refractivity contribution in [3.63, 3.8) is 0 Å². The van der Waals surface area contributed by atoms with E-state index in [9.17, 15) is 8.42 Å². The van der Waals surface area contributed by atoms with Gasteiger partial charge in [0, 0.05) is 20.1 Å². The van der Waals surface area contributed by atoms with Gasteiger partial charge in [-0.25, -0.2) is 13.6 Å². The van der Waals surface area contributed by atoms with Crippen molar-refractivity contribution in [2.24, 2.45) is 10.1 Å². The molecule has 0 spiro atoms. The van der Waals surface area contributed by atoms with E-state index in [0.29, 0.717) is 18.4 Å². The van der Waals surface area contributed by atoms with Crippen LogP contribution in [-0.2, 0) is 16.6 Å². The molecule has 0 amide bonds. The molecule has 0 heterocycles. The third-order valence-corrected chi connectivity index (χ3v) is 5.01. The number of rotatable bonds is 6. The van der Waals surface area contributed by atoms with Crippen molar-refractivity contribution < 1.29 is 8.42 Å². The first-order valence-corrected chi connectivity index (χ1v) is 9.97. The molecule has 26 heavy (non-hydrogen) atoms. The number of sulfonamides is 1. The van der Waals surface area contributed by atoms with E-state index in [-0.39, 0.29) is 4.90 Å². The molecule has 1 unspecified atom stereocenters. The van der Waals surface area contributed by atoms with Gasteiger partial charge in [-0.3, -0.25) is 4.99 Å². The summed E-state index contributed by atoms with van der Waals surface area (Å²) in [5.41, 5.74) is 3.33. The van der Waals surface area contributed by atoms with E-state index in [1.807, 2.05) is 6.07 Å².